The smallest absolute Gasteiger partial charge is 0.268 e. The molecule has 26 heavy (non-hydrogen) atoms. The van der Waals surface area contributed by atoms with Crippen LogP contribution in [0, 0.1) is 0 Å². The van der Waals surface area contributed by atoms with Crippen molar-refractivity contribution in [2.24, 2.45) is 0 Å². The van der Waals surface area contributed by atoms with Gasteiger partial charge in [0.05, 0.1) is 11.8 Å². The zero-order valence-corrected chi connectivity index (χ0v) is 15.2. The summed E-state index contributed by atoms with van der Waals surface area (Å²) < 4.78 is 65.9. The standard InChI is InChI=1S/C17H20F3N3O2S/c1-11(2)26(24,25)22-15-8-13-4-3-12(7-14(13)9-15)10-23-6-5-16(21-23)17(18,19)20/h3-7,11,15,22H,8-10H2,1-2H3/t15-/m0/s1. The third-order valence-electron chi connectivity index (χ3n) is 4.43. The zero-order chi connectivity index (χ0) is 19.1. The van der Waals surface area contributed by atoms with E-state index in [1.807, 2.05) is 18.2 Å². The first-order valence-electron chi connectivity index (χ1n) is 8.27. The van der Waals surface area contributed by atoms with Crippen molar-refractivity contribution in [1.82, 2.24) is 14.5 Å². The van der Waals surface area contributed by atoms with Crippen LogP contribution in [0.1, 0.15) is 36.2 Å². The highest BCUT2D eigenvalue weighted by Crippen LogP contribution is 2.28. The van der Waals surface area contributed by atoms with Crippen LogP contribution in [0.5, 0.6) is 0 Å². The van der Waals surface area contributed by atoms with Crippen molar-refractivity contribution in [1.29, 1.82) is 0 Å². The van der Waals surface area contributed by atoms with Gasteiger partial charge < -0.3 is 0 Å². The highest BCUT2D eigenvalue weighted by Gasteiger charge is 2.33. The lowest BCUT2D eigenvalue weighted by atomic mass is 10.1. The predicted octanol–water partition coefficient (Wildman–Crippen LogP) is 2.75. The molecule has 0 bridgehead atoms. The maximum atomic E-state index is 12.6. The van der Waals surface area contributed by atoms with Crippen LogP contribution in [0.25, 0.3) is 0 Å². The molecule has 0 saturated carbocycles. The third-order valence-corrected chi connectivity index (χ3v) is 6.33. The van der Waals surface area contributed by atoms with E-state index in [2.05, 4.69) is 9.82 Å². The Bertz CT molecular complexity index is 904. The fourth-order valence-corrected chi connectivity index (χ4v) is 3.91. The Balaban J connectivity index is 1.70. The number of nitrogens with one attached hydrogen (secondary N) is 1. The molecule has 1 heterocycles. The first-order chi connectivity index (χ1) is 12.0. The topological polar surface area (TPSA) is 64.0 Å². The number of fused-ring (bicyclic) bond motifs is 1. The molecule has 9 heteroatoms. The van der Waals surface area contributed by atoms with E-state index in [0.717, 1.165) is 22.8 Å². The highest BCUT2D eigenvalue weighted by molar-refractivity contribution is 7.90. The number of hydrogen-bond acceptors (Lipinski definition) is 3. The highest BCUT2D eigenvalue weighted by atomic mass is 32.2. The van der Waals surface area contributed by atoms with Crippen molar-refractivity contribution >= 4 is 10.0 Å². The Kier molecular flexibility index (Phi) is 4.87. The van der Waals surface area contributed by atoms with Gasteiger partial charge in [0.2, 0.25) is 10.0 Å². The molecule has 0 amide bonds. The van der Waals surface area contributed by atoms with Gasteiger partial charge in [-0.3, -0.25) is 4.68 Å². The van der Waals surface area contributed by atoms with E-state index in [4.69, 9.17) is 0 Å². The second kappa shape index (κ2) is 6.70. The molecule has 5 nitrogen and oxygen atoms in total. The molecular weight excluding hydrogens is 367 g/mol. The minimum atomic E-state index is -4.45. The number of benzene rings is 1. The SMILES string of the molecule is CC(C)S(=O)(=O)N[C@H]1Cc2ccc(Cn3ccc(C(F)(F)F)n3)cc2C1. The summed E-state index contributed by atoms with van der Waals surface area (Å²) in [6.45, 7) is 3.48. The van der Waals surface area contributed by atoms with Gasteiger partial charge in [0.25, 0.3) is 0 Å². The van der Waals surface area contributed by atoms with Crippen LogP contribution in [0.3, 0.4) is 0 Å². The average molecular weight is 387 g/mol. The summed E-state index contributed by atoms with van der Waals surface area (Å²) in [6.07, 6.45) is -1.97. The predicted molar refractivity (Wildman–Crippen MR) is 91.2 cm³/mol. The minimum Gasteiger partial charge on any atom is -0.268 e. The molecule has 1 aliphatic carbocycles. The number of nitrogens with zero attached hydrogens (tertiary/aromatic N) is 2. The van der Waals surface area contributed by atoms with Crippen LogP contribution >= 0.6 is 0 Å². The van der Waals surface area contributed by atoms with Crippen LogP contribution in [-0.2, 0) is 35.6 Å². The van der Waals surface area contributed by atoms with Crippen molar-refractivity contribution in [3.63, 3.8) is 0 Å². The zero-order valence-electron chi connectivity index (χ0n) is 14.4. The Morgan fingerprint density at radius 1 is 1.23 bits per heavy atom. The monoisotopic (exact) mass is 387 g/mol. The molecule has 1 aromatic heterocycles. The second-order valence-corrected chi connectivity index (χ2v) is 9.08. The van der Waals surface area contributed by atoms with Gasteiger partial charge in [-0.25, -0.2) is 13.1 Å². The molecule has 3 rings (SSSR count). The van der Waals surface area contributed by atoms with E-state index in [1.165, 1.54) is 10.9 Å². The molecule has 1 aliphatic rings. The Morgan fingerprint density at radius 3 is 2.54 bits per heavy atom. The maximum Gasteiger partial charge on any atom is 0.435 e. The van der Waals surface area contributed by atoms with E-state index in [9.17, 15) is 21.6 Å². The van der Waals surface area contributed by atoms with Gasteiger partial charge in [0.1, 0.15) is 0 Å². The molecular formula is C17H20F3N3O2S. The summed E-state index contributed by atoms with van der Waals surface area (Å²) in [7, 11) is -3.34. The number of alkyl halides is 3. The summed E-state index contributed by atoms with van der Waals surface area (Å²) in [5.74, 6) is 0. The van der Waals surface area contributed by atoms with Crippen molar-refractivity contribution in [3.8, 4) is 0 Å². The van der Waals surface area contributed by atoms with Gasteiger partial charge >= 0.3 is 6.18 Å². The quantitative estimate of drug-likeness (QED) is 0.858. The van der Waals surface area contributed by atoms with Gasteiger partial charge in [-0.1, -0.05) is 18.2 Å². The molecule has 0 saturated heterocycles. The van der Waals surface area contributed by atoms with Crippen molar-refractivity contribution in [2.75, 3.05) is 0 Å². The summed E-state index contributed by atoms with van der Waals surface area (Å²) in [6, 6.07) is 6.42. The molecule has 0 aliphatic heterocycles. The number of hydrogen-bond donors (Lipinski definition) is 1. The molecule has 0 fully saturated rings. The molecule has 1 N–H and O–H groups in total. The fourth-order valence-electron chi connectivity index (χ4n) is 3.01. The molecule has 0 radical (unpaired) electrons. The van der Waals surface area contributed by atoms with Crippen molar-refractivity contribution < 1.29 is 21.6 Å². The number of sulfonamides is 1. The van der Waals surface area contributed by atoms with Crippen LogP contribution in [-0.4, -0.2) is 29.5 Å². The Hall–Kier alpha value is -1.87. The number of rotatable bonds is 5. The Labute approximate surface area is 150 Å². The molecule has 0 spiro atoms. The summed E-state index contributed by atoms with van der Waals surface area (Å²) in [5, 5.41) is 3.06. The van der Waals surface area contributed by atoms with E-state index in [-0.39, 0.29) is 12.6 Å². The fraction of sp³-hybridized carbons (Fsp3) is 0.471. The maximum absolute atomic E-state index is 12.6. The van der Waals surface area contributed by atoms with Crippen molar-refractivity contribution in [3.05, 3.63) is 52.8 Å². The van der Waals surface area contributed by atoms with Crippen LogP contribution < -0.4 is 4.72 Å². The largest absolute Gasteiger partial charge is 0.435 e. The van der Waals surface area contributed by atoms with E-state index in [1.54, 1.807) is 13.8 Å². The number of aromatic nitrogens is 2. The molecule has 0 unspecified atom stereocenters. The molecule has 142 valence electrons. The van der Waals surface area contributed by atoms with Gasteiger partial charge in [0.15, 0.2) is 5.69 Å². The number of halogens is 3. The van der Waals surface area contributed by atoms with Gasteiger partial charge in [-0.05, 0) is 49.4 Å². The summed E-state index contributed by atoms with van der Waals surface area (Å²) >= 11 is 0. The minimum absolute atomic E-state index is 0.186. The first-order valence-corrected chi connectivity index (χ1v) is 9.82. The second-order valence-electron chi connectivity index (χ2n) is 6.82. The van der Waals surface area contributed by atoms with Crippen LogP contribution in [0.2, 0.25) is 0 Å². The van der Waals surface area contributed by atoms with Crippen molar-refractivity contribution in [2.45, 2.75) is 50.7 Å². The van der Waals surface area contributed by atoms with E-state index in [0.29, 0.717) is 12.8 Å². The lowest BCUT2D eigenvalue weighted by Crippen LogP contribution is -2.39. The molecule has 2 aromatic rings. The Morgan fingerprint density at radius 2 is 1.92 bits per heavy atom. The first kappa shape index (κ1) is 18.9. The summed E-state index contributed by atoms with van der Waals surface area (Å²) in [4.78, 5) is 0. The van der Waals surface area contributed by atoms with Crippen LogP contribution in [0.15, 0.2) is 30.5 Å². The molecule has 1 atom stereocenters. The third kappa shape index (κ3) is 4.09. The van der Waals surface area contributed by atoms with E-state index >= 15 is 0 Å². The van der Waals surface area contributed by atoms with E-state index < -0.39 is 27.1 Å². The normalized spacial score (nSPS) is 17.7. The van der Waals surface area contributed by atoms with Gasteiger partial charge in [-0.15, -0.1) is 0 Å². The summed E-state index contributed by atoms with van der Waals surface area (Å²) in [5.41, 5.74) is 1.98. The lowest BCUT2D eigenvalue weighted by molar-refractivity contribution is -0.141. The lowest BCUT2D eigenvalue weighted by Gasteiger charge is -2.14. The molecule has 1 aromatic carbocycles. The van der Waals surface area contributed by atoms with Crippen LogP contribution in [0.4, 0.5) is 13.2 Å². The average Bonchev–Trinajstić information content (AvgIpc) is 3.12. The van der Waals surface area contributed by atoms with Gasteiger partial charge in [-0.2, -0.15) is 18.3 Å². The van der Waals surface area contributed by atoms with Gasteiger partial charge in [0, 0.05) is 12.2 Å².